The number of fused-ring (bicyclic) bond motifs is 1. The number of likely N-dealkylation sites (tertiary alicyclic amines) is 1. The van der Waals surface area contributed by atoms with Crippen LogP contribution in [0.5, 0.6) is 0 Å². The monoisotopic (exact) mass is 626 g/mol. The molecule has 248 valence electrons. The van der Waals surface area contributed by atoms with Crippen LogP contribution < -0.4 is 5.32 Å². The molecule has 0 aromatic carbocycles. The SMILES string of the molecule is CC(C)(C)CCCCCCCCCCCOCn1ccc2c(-c3cnn(C4(CC#N)CN(C5CCNCC5)C4)c3)c(C#N)cnc21. The summed E-state index contributed by atoms with van der Waals surface area (Å²) in [5, 5.41) is 28.8. The van der Waals surface area contributed by atoms with E-state index in [0.717, 1.165) is 74.2 Å². The van der Waals surface area contributed by atoms with E-state index in [4.69, 9.17) is 9.84 Å². The second kappa shape index (κ2) is 16.0. The van der Waals surface area contributed by atoms with Crippen molar-refractivity contribution in [1.82, 2.24) is 29.5 Å². The average molecular weight is 627 g/mol. The van der Waals surface area contributed by atoms with Crippen LogP contribution in [-0.2, 0) is 17.0 Å². The summed E-state index contributed by atoms with van der Waals surface area (Å²) in [7, 11) is 0. The Kier molecular flexibility index (Phi) is 11.9. The quantitative estimate of drug-likeness (QED) is 0.156. The number of ether oxygens (including phenoxy) is 1. The molecule has 0 aliphatic carbocycles. The van der Waals surface area contributed by atoms with Gasteiger partial charge in [-0.1, -0.05) is 72.1 Å². The van der Waals surface area contributed by atoms with Crippen LogP contribution in [0.3, 0.4) is 0 Å². The molecule has 0 radical (unpaired) electrons. The lowest BCUT2D eigenvalue weighted by Crippen LogP contribution is -2.66. The largest absolute Gasteiger partial charge is 0.361 e. The van der Waals surface area contributed by atoms with Gasteiger partial charge in [-0.15, -0.1) is 0 Å². The standard InChI is InChI=1S/C37H54N8O/c1-36(2,3)16-11-9-7-5-4-6-8-10-12-22-46-29-43-21-15-33-34(30(23-39)24-41-35(33)43)31-25-42-45(26-31)37(17-18-38)27-44(28-37)32-13-19-40-20-14-32/h15,21,24-26,32,40H,4-14,16-17,19-20,22,27-29H2,1-3H3. The van der Waals surface area contributed by atoms with E-state index in [2.05, 4.69) is 48.1 Å². The number of nitrogens with zero attached hydrogens (tertiary/aromatic N) is 7. The molecule has 2 aliphatic heterocycles. The predicted octanol–water partition coefficient (Wildman–Crippen LogP) is 7.37. The number of piperidine rings is 1. The lowest BCUT2D eigenvalue weighted by molar-refractivity contribution is -0.0339. The van der Waals surface area contributed by atoms with Gasteiger partial charge in [-0.05, 0) is 50.3 Å². The summed E-state index contributed by atoms with van der Waals surface area (Å²) in [6.45, 7) is 11.9. The third kappa shape index (κ3) is 8.56. The van der Waals surface area contributed by atoms with E-state index < -0.39 is 0 Å². The third-order valence-electron chi connectivity index (χ3n) is 9.94. The predicted molar refractivity (Wildman–Crippen MR) is 183 cm³/mol. The van der Waals surface area contributed by atoms with Crippen molar-refractivity contribution in [1.29, 1.82) is 10.5 Å². The normalized spacial score (nSPS) is 17.2. The van der Waals surface area contributed by atoms with Crippen LogP contribution in [0, 0.1) is 28.1 Å². The Morgan fingerprint density at radius 3 is 2.35 bits per heavy atom. The Labute approximate surface area is 275 Å². The fourth-order valence-electron chi connectivity index (χ4n) is 7.23. The fourth-order valence-corrected chi connectivity index (χ4v) is 7.23. The minimum Gasteiger partial charge on any atom is -0.361 e. The molecule has 5 rings (SSSR count). The second-order valence-electron chi connectivity index (χ2n) is 14.8. The summed E-state index contributed by atoms with van der Waals surface area (Å²) in [4.78, 5) is 7.14. The van der Waals surface area contributed by atoms with E-state index >= 15 is 0 Å². The molecule has 0 atom stereocenters. The molecular formula is C37H54N8O. The van der Waals surface area contributed by atoms with Gasteiger partial charge in [-0.2, -0.15) is 15.6 Å². The highest BCUT2D eigenvalue weighted by atomic mass is 16.5. The minimum absolute atomic E-state index is 0.331. The van der Waals surface area contributed by atoms with Gasteiger partial charge in [0.15, 0.2) is 0 Å². The van der Waals surface area contributed by atoms with Crippen molar-refractivity contribution in [3.63, 3.8) is 0 Å². The molecule has 5 heterocycles. The number of nitrogens with one attached hydrogen (secondary N) is 1. The van der Waals surface area contributed by atoms with Crippen molar-refractivity contribution < 1.29 is 4.74 Å². The van der Waals surface area contributed by atoms with Crippen molar-refractivity contribution >= 4 is 11.0 Å². The highest BCUT2D eigenvalue weighted by Crippen LogP contribution is 2.38. The first-order chi connectivity index (χ1) is 22.3. The molecule has 0 unspecified atom stereocenters. The molecule has 2 fully saturated rings. The van der Waals surface area contributed by atoms with Crippen LogP contribution in [0.2, 0.25) is 0 Å². The summed E-state index contributed by atoms with van der Waals surface area (Å²) in [5.41, 5.74) is 3.18. The van der Waals surface area contributed by atoms with Crippen molar-refractivity contribution in [3.8, 4) is 23.3 Å². The minimum atomic E-state index is -0.331. The number of hydrogen-bond acceptors (Lipinski definition) is 7. The fraction of sp³-hybridized carbons (Fsp3) is 0.676. The highest BCUT2D eigenvalue weighted by molar-refractivity contribution is 5.96. The van der Waals surface area contributed by atoms with Gasteiger partial charge in [0.05, 0.1) is 24.3 Å². The van der Waals surface area contributed by atoms with Crippen LogP contribution in [0.25, 0.3) is 22.2 Å². The molecule has 0 bridgehead atoms. The first-order valence-corrected chi connectivity index (χ1v) is 17.7. The van der Waals surface area contributed by atoms with E-state index in [1.165, 1.54) is 57.8 Å². The zero-order valence-electron chi connectivity index (χ0n) is 28.4. The topological polar surface area (TPSA) is 108 Å². The lowest BCUT2D eigenvalue weighted by Gasteiger charge is -2.53. The maximum absolute atomic E-state index is 9.98. The summed E-state index contributed by atoms with van der Waals surface area (Å²) in [6.07, 6.45) is 23.2. The number of rotatable bonds is 17. The average Bonchev–Trinajstić information content (AvgIpc) is 3.68. The van der Waals surface area contributed by atoms with Crippen LogP contribution in [0.1, 0.15) is 110 Å². The Bertz CT molecular complexity index is 1470. The van der Waals surface area contributed by atoms with Crippen LogP contribution in [-0.4, -0.2) is 63.1 Å². The third-order valence-corrected chi connectivity index (χ3v) is 9.94. The molecular weight excluding hydrogens is 572 g/mol. The van der Waals surface area contributed by atoms with E-state index in [0.29, 0.717) is 30.2 Å². The Balaban J connectivity index is 1.11. The maximum Gasteiger partial charge on any atom is 0.142 e. The number of pyridine rings is 1. The first kappa shape index (κ1) is 34.1. The van der Waals surface area contributed by atoms with Gasteiger partial charge in [-0.25, -0.2) is 4.98 Å². The van der Waals surface area contributed by atoms with Crippen LogP contribution in [0.4, 0.5) is 0 Å². The smallest absolute Gasteiger partial charge is 0.142 e. The van der Waals surface area contributed by atoms with E-state index in [9.17, 15) is 10.5 Å². The van der Waals surface area contributed by atoms with Gasteiger partial charge in [0.2, 0.25) is 0 Å². The molecule has 46 heavy (non-hydrogen) atoms. The van der Waals surface area contributed by atoms with Crippen molar-refractivity contribution in [3.05, 3.63) is 36.4 Å². The molecule has 2 saturated heterocycles. The molecule has 9 nitrogen and oxygen atoms in total. The zero-order chi connectivity index (χ0) is 32.4. The van der Waals surface area contributed by atoms with Crippen molar-refractivity contribution in [2.24, 2.45) is 5.41 Å². The molecule has 3 aromatic rings. The Morgan fingerprint density at radius 1 is 0.978 bits per heavy atom. The molecule has 0 spiro atoms. The van der Waals surface area contributed by atoms with E-state index in [-0.39, 0.29) is 5.54 Å². The molecule has 2 aliphatic rings. The van der Waals surface area contributed by atoms with Gasteiger partial charge in [0, 0.05) is 60.8 Å². The van der Waals surface area contributed by atoms with Gasteiger partial charge in [-0.3, -0.25) is 9.58 Å². The second-order valence-corrected chi connectivity index (χ2v) is 14.8. The summed E-state index contributed by atoms with van der Waals surface area (Å²) in [5.74, 6) is 0. The maximum atomic E-state index is 9.98. The van der Waals surface area contributed by atoms with Gasteiger partial charge in [0.1, 0.15) is 24.0 Å². The summed E-state index contributed by atoms with van der Waals surface area (Å²) < 4.78 is 10.0. The molecule has 1 N–H and O–H groups in total. The number of unbranched alkanes of at least 4 members (excludes halogenated alkanes) is 8. The van der Waals surface area contributed by atoms with Crippen LogP contribution in [0.15, 0.2) is 30.9 Å². The van der Waals surface area contributed by atoms with Crippen LogP contribution >= 0.6 is 0 Å². The van der Waals surface area contributed by atoms with Crippen molar-refractivity contribution in [2.75, 3.05) is 32.8 Å². The van der Waals surface area contributed by atoms with E-state index in [1.807, 2.05) is 33.9 Å². The number of hydrogen-bond donors (Lipinski definition) is 1. The summed E-state index contributed by atoms with van der Waals surface area (Å²) in [6, 6.07) is 7.34. The number of nitriles is 2. The Morgan fingerprint density at radius 2 is 1.67 bits per heavy atom. The molecule has 9 heteroatoms. The lowest BCUT2D eigenvalue weighted by atomic mass is 9.84. The summed E-state index contributed by atoms with van der Waals surface area (Å²) >= 11 is 0. The van der Waals surface area contributed by atoms with Crippen molar-refractivity contribution in [2.45, 2.75) is 123 Å². The molecule has 3 aromatic heterocycles. The molecule has 0 amide bonds. The highest BCUT2D eigenvalue weighted by Gasteiger charge is 2.47. The van der Waals surface area contributed by atoms with Gasteiger partial charge >= 0.3 is 0 Å². The molecule has 0 saturated carbocycles. The number of aromatic nitrogens is 4. The first-order valence-electron chi connectivity index (χ1n) is 17.7. The van der Waals surface area contributed by atoms with Gasteiger partial charge in [0.25, 0.3) is 0 Å². The van der Waals surface area contributed by atoms with Gasteiger partial charge < -0.3 is 14.6 Å². The zero-order valence-corrected chi connectivity index (χ0v) is 28.4. The Hall–Kier alpha value is -3.24. The van der Waals surface area contributed by atoms with E-state index in [1.54, 1.807) is 6.20 Å².